The highest BCUT2D eigenvalue weighted by Gasteiger charge is 2.32. The second kappa shape index (κ2) is 6.64. The molecule has 2 nitrogen and oxygen atoms in total. The van der Waals surface area contributed by atoms with Gasteiger partial charge in [0.2, 0.25) is 5.91 Å². The van der Waals surface area contributed by atoms with Gasteiger partial charge in [-0.3, -0.25) is 4.79 Å². The van der Waals surface area contributed by atoms with E-state index in [-0.39, 0.29) is 5.92 Å². The molecular weight excluding hydrogens is 258 g/mol. The van der Waals surface area contributed by atoms with Crippen LogP contribution in [0.2, 0.25) is 0 Å². The number of hydrogen-bond donors (Lipinski definition) is 0. The van der Waals surface area contributed by atoms with Crippen LogP contribution in [0.25, 0.3) is 0 Å². The lowest BCUT2D eigenvalue weighted by atomic mass is 9.81. The molecule has 1 aromatic carbocycles. The van der Waals surface area contributed by atoms with Crippen molar-refractivity contribution in [3.05, 3.63) is 35.4 Å². The molecule has 1 fully saturated rings. The van der Waals surface area contributed by atoms with Crippen LogP contribution in [0.15, 0.2) is 24.3 Å². The van der Waals surface area contributed by atoms with Crippen molar-refractivity contribution in [1.29, 1.82) is 0 Å². The van der Waals surface area contributed by atoms with Gasteiger partial charge in [0.15, 0.2) is 0 Å². The number of amides is 1. The number of likely N-dealkylation sites (N-methyl/N-ethyl adjacent to an activating group) is 1. The number of benzene rings is 1. The first-order chi connectivity index (χ1) is 10.3. The first-order valence-electron chi connectivity index (χ1n) is 8.69. The summed E-state index contributed by atoms with van der Waals surface area (Å²) in [5.74, 6) is 0.494. The maximum atomic E-state index is 13.1. The molecule has 2 heteroatoms. The van der Waals surface area contributed by atoms with Crippen molar-refractivity contribution in [1.82, 2.24) is 4.90 Å². The Labute approximate surface area is 128 Å². The molecule has 0 saturated heterocycles. The first-order valence-corrected chi connectivity index (χ1v) is 8.69. The number of carbonyl (C=O) groups excluding carboxylic acids is 1. The van der Waals surface area contributed by atoms with Gasteiger partial charge >= 0.3 is 0 Å². The molecule has 0 spiro atoms. The first kappa shape index (κ1) is 14.6. The zero-order chi connectivity index (χ0) is 14.7. The van der Waals surface area contributed by atoms with E-state index in [0.29, 0.717) is 11.9 Å². The second-order valence-corrected chi connectivity index (χ2v) is 6.56. The maximum absolute atomic E-state index is 13.1. The lowest BCUT2D eigenvalue weighted by Crippen LogP contribution is -2.44. The number of fused-ring (bicyclic) bond motifs is 1. The van der Waals surface area contributed by atoms with Crippen LogP contribution in [0.5, 0.6) is 0 Å². The molecular formula is C19H27NO. The van der Waals surface area contributed by atoms with E-state index in [4.69, 9.17) is 0 Å². The number of nitrogens with zero attached hydrogens (tertiary/aromatic N) is 1. The Balaban J connectivity index is 1.80. The van der Waals surface area contributed by atoms with E-state index in [2.05, 4.69) is 36.1 Å². The molecule has 0 radical (unpaired) electrons. The highest BCUT2D eigenvalue weighted by molar-refractivity contribution is 5.84. The predicted octanol–water partition coefficient (Wildman–Crippen LogP) is 4.29. The van der Waals surface area contributed by atoms with E-state index in [9.17, 15) is 4.79 Å². The largest absolute Gasteiger partial charge is 0.339 e. The van der Waals surface area contributed by atoms with Crippen molar-refractivity contribution in [3.8, 4) is 0 Å². The minimum Gasteiger partial charge on any atom is -0.339 e. The van der Waals surface area contributed by atoms with Crippen molar-refractivity contribution in [2.45, 2.75) is 70.3 Å². The van der Waals surface area contributed by atoms with Crippen LogP contribution < -0.4 is 0 Å². The smallest absolute Gasteiger partial charge is 0.230 e. The van der Waals surface area contributed by atoms with Crippen LogP contribution in [0.4, 0.5) is 0 Å². The lowest BCUT2D eigenvalue weighted by Gasteiger charge is -2.37. The predicted molar refractivity (Wildman–Crippen MR) is 86.4 cm³/mol. The monoisotopic (exact) mass is 285 g/mol. The van der Waals surface area contributed by atoms with Gasteiger partial charge in [0.05, 0.1) is 5.92 Å². The third-order valence-electron chi connectivity index (χ3n) is 5.31. The number of rotatable bonds is 3. The molecule has 0 aromatic heterocycles. The fraction of sp³-hybridized carbons (Fsp3) is 0.632. The summed E-state index contributed by atoms with van der Waals surface area (Å²) in [5, 5.41) is 0. The third kappa shape index (κ3) is 3.00. The fourth-order valence-corrected chi connectivity index (χ4v) is 4.20. The van der Waals surface area contributed by atoms with Crippen LogP contribution in [0.1, 0.15) is 68.9 Å². The summed E-state index contributed by atoms with van der Waals surface area (Å²) in [6.07, 6.45) is 9.63. The molecule has 1 atom stereocenters. The van der Waals surface area contributed by atoms with Gasteiger partial charge in [0, 0.05) is 12.6 Å². The van der Waals surface area contributed by atoms with E-state index in [0.717, 1.165) is 25.8 Å². The van der Waals surface area contributed by atoms with Gasteiger partial charge in [-0.1, -0.05) is 43.5 Å². The highest BCUT2D eigenvalue weighted by Crippen LogP contribution is 2.34. The van der Waals surface area contributed by atoms with Crippen molar-refractivity contribution >= 4 is 5.91 Å². The summed E-state index contributed by atoms with van der Waals surface area (Å²) >= 11 is 0. The Hall–Kier alpha value is -1.31. The molecule has 1 aromatic rings. The summed E-state index contributed by atoms with van der Waals surface area (Å²) in [5.41, 5.74) is 2.69. The molecule has 3 rings (SSSR count). The van der Waals surface area contributed by atoms with Gasteiger partial charge in [0.1, 0.15) is 0 Å². The molecule has 1 unspecified atom stereocenters. The van der Waals surface area contributed by atoms with Gasteiger partial charge in [-0.05, 0) is 50.2 Å². The quantitative estimate of drug-likeness (QED) is 0.811. The minimum absolute atomic E-state index is 0.108. The molecule has 0 heterocycles. The van der Waals surface area contributed by atoms with Gasteiger partial charge in [-0.2, -0.15) is 0 Å². The van der Waals surface area contributed by atoms with E-state index in [1.807, 2.05) is 0 Å². The zero-order valence-electron chi connectivity index (χ0n) is 13.2. The van der Waals surface area contributed by atoms with E-state index >= 15 is 0 Å². The summed E-state index contributed by atoms with van der Waals surface area (Å²) in [6.45, 7) is 3.00. The fourth-order valence-electron chi connectivity index (χ4n) is 4.20. The van der Waals surface area contributed by atoms with Gasteiger partial charge in [-0.15, -0.1) is 0 Å². The lowest BCUT2D eigenvalue weighted by molar-refractivity contribution is -0.136. The third-order valence-corrected chi connectivity index (χ3v) is 5.31. The molecule has 2 aliphatic rings. The average Bonchev–Trinajstić information content (AvgIpc) is 2.56. The van der Waals surface area contributed by atoms with Gasteiger partial charge in [-0.25, -0.2) is 0 Å². The molecule has 0 bridgehead atoms. The maximum Gasteiger partial charge on any atom is 0.230 e. The van der Waals surface area contributed by atoms with Crippen molar-refractivity contribution < 1.29 is 4.79 Å². The molecule has 1 amide bonds. The van der Waals surface area contributed by atoms with Gasteiger partial charge < -0.3 is 4.90 Å². The number of hydrogen-bond acceptors (Lipinski definition) is 1. The Bertz CT molecular complexity index is 490. The van der Waals surface area contributed by atoms with Crippen LogP contribution >= 0.6 is 0 Å². The van der Waals surface area contributed by atoms with Crippen molar-refractivity contribution in [2.24, 2.45) is 0 Å². The SMILES string of the molecule is CCN(C(=O)C1CCCc2ccccc21)C1CCCCC1. The molecule has 0 aliphatic heterocycles. The molecule has 2 aliphatic carbocycles. The Morgan fingerprint density at radius 1 is 1.10 bits per heavy atom. The summed E-state index contributed by atoms with van der Waals surface area (Å²) in [4.78, 5) is 15.3. The number of carbonyl (C=O) groups is 1. The molecule has 21 heavy (non-hydrogen) atoms. The Morgan fingerprint density at radius 3 is 2.62 bits per heavy atom. The molecule has 114 valence electrons. The molecule has 1 saturated carbocycles. The minimum atomic E-state index is 0.108. The number of aryl methyl sites for hydroxylation is 1. The van der Waals surface area contributed by atoms with Crippen LogP contribution in [0, 0.1) is 0 Å². The van der Waals surface area contributed by atoms with Crippen molar-refractivity contribution in [3.63, 3.8) is 0 Å². The van der Waals surface area contributed by atoms with Crippen LogP contribution in [0.3, 0.4) is 0 Å². The second-order valence-electron chi connectivity index (χ2n) is 6.56. The Kier molecular flexibility index (Phi) is 4.62. The summed E-state index contributed by atoms with van der Waals surface area (Å²) in [6, 6.07) is 9.05. The van der Waals surface area contributed by atoms with Crippen molar-refractivity contribution in [2.75, 3.05) is 6.54 Å². The van der Waals surface area contributed by atoms with E-state index < -0.39 is 0 Å². The Morgan fingerprint density at radius 2 is 1.86 bits per heavy atom. The zero-order valence-corrected chi connectivity index (χ0v) is 13.2. The average molecular weight is 285 g/mol. The normalized spacial score (nSPS) is 22.6. The molecule has 0 N–H and O–H groups in total. The van der Waals surface area contributed by atoms with Crippen LogP contribution in [-0.2, 0) is 11.2 Å². The summed E-state index contributed by atoms with van der Waals surface area (Å²) < 4.78 is 0. The highest BCUT2D eigenvalue weighted by atomic mass is 16.2. The van der Waals surface area contributed by atoms with E-state index in [1.165, 1.54) is 43.2 Å². The topological polar surface area (TPSA) is 20.3 Å². The van der Waals surface area contributed by atoms with E-state index in [1.54, 1.807) is 0 Å². The summed E-state index contributed by atoms with van der Waals surface area (Å²) in [7, 11) is 0. The van der Waals surface area contributed by atoms with Crippen LogP contribution in [-0.4, -0.2) is 23.4 Å². The van der Waals surface area contributed by atoms with Gasteiger partial charge in [0.25, 0.3) is 0 Å². The standard InChI is InChI=1S/C19H27NO/c1-2-20(16-11-4-3-5-12-16)19(21)18-14-8-10-15-9-6-7-13-17(15)18/h6-7,9,13,16,18H,2-5,8,10-12,14H2,1H3.